The highest BCUT2D eigenvalue weighted by Crippen LogP contribution is 2.39. The van der Waals surface area contributed by atoms with Crippen molar-refractivity contribution < 1.29 is 27.4 Å². The van der Waals surface area contributed by atoms with Crippen molar-refractivity contribution in [3.63, 3.8) is 0 Å². The average Bonchev–Trinajstić information content (AvgIpc) is 3.02. The standard InChI is InChI=1S/C19H14Cl2F3NO3/c1-2-27-17(26)10-28-13-4-3-11-5-6-25(16(11)9-13)18-14(20)7-12(8-15(18)21)19(22,23)24/h3-9H,2,10H2,1H3. The molecule has 0 spiro atoms. The van der Waals surface area contributed by atoms with Crippen molar-refractivity contribution >= 4 is 40.1 Å². The normalized spacial score (nSPS) is 11.6. The Labute approximate surface area is 168 Å². The van der Waals surface area contributed by atoms with E-state index in [0.717, 1.165) is 17.5 Å². The minimum absolute atomic E-state index is 0.143. The second kappa shape index (κ2) is 7.93. The largest absolute Gasteiger partial charge is 0.482 e. The van der Waals surface area contributed by atoms with E-state index in [4.69, 9.17) is 32.7 Å². The molecule has 1 aromatic heterocycles. The number of halogens is 5. The highest BCUT2D eigenvalue weighted by Gasteiger charge is 2.32. The van der Waals surface area contributed by atoms with E-state index in [2.05, 4.69) is 0 Å². The maximum atomic E-state index is 13.0. The van der Waals surface area contributed by atoms with Gasteiger partial charge in [0.1, 0.15) is 5.75 Å². The zero-order chi connectivity index (χ0) is 20.5. The van der Waals surface area contributed by atoms with E-state index in [1.165, 1.54) is 0 Å². The molecule has 0 aliphatic rings. The molecule has 0 amide bonds. The number of hydrogen-bond donors (Lipinski definition) is 0. The molecule has 1 heterocycles. The van der Waals surface area contributed by atoms with Gasteiger partial charge in [0.05, 0.1) is 33.4 Å². The van der Waals surface area contributed by atoms with Crippen molar-refractivity contribution in [3.8, 4) is 11.4 Å². The van der Waals surface area contributed by atoms with E-state index in [1.54, 1.807) is 42.0 Å². The van der Waals surface area contributed by atoms with E-state index >= 15 is 0 Å². The summed E-state index contributed by atoms with van der Waals surface area (Å²) < 4.78 is 50.6. The summed E-state index contributed by atoms with van der Waals surface area (Å²) in [7, 11) is 0. The van der Waals surface area contributed by atoms with E-state index in [-0.39, 0.29) is 28.9 Å². The van der Waals surface area contributed by atoms with Gasteiger partial charge in [0, 0.05) is 17.6 Å². The minimum atomic E-state index is -4.56. The predicted molar refractivity (Wildman–Crippen MR) is 100 cm³/mol. The number of carbonyl (C=O) groups is 1. The molecule has 0 radical (unpaired) electrons. The Morgan fingerprint density at radius 1 is 1.11 bits per heavy atom. The molecule has 4 nitrogen and oxygen atoms in total. The maximum absolute atomic E-state index is 13.0. The fraction of sp³-hybridized carbons (Fsp3) is 0.211. The number of nitrogens with zero attached hydrogens (tertiary/aromatic N) is 1. The van der Waals surface area contributed by atoms with Crippen LogP contribution < -0.4 is 4.74 Å². The molecule has 0 fully saturated rings. The zero-order valence-electron chi connectivity index (χ0n) is 14.5. The van der Waals surface area contributed by atoms with Crippen LogP contribution in [0.5, 0.6) is 5.75 Å². The number of benzene rings is 2. The Kier molecular flexibility index (Phi) is 5.76. The summed E-state index contributed by atoms with van der Waals surface area (Å²) in [5.74, 6) is -0.119. The summed E-state index contributed by atoms with van der Waals surface area (Å²) in [6, 6.07) is 8.47. The van der Waals surface area contributed by atoms with Crippen LogP contribution in [0.15, 0.2) is 42.6 Å². The Morgan fingerprint density at radius 3 is 2.39 bits per heavy atom. The third-order valence-electron chi connectivity index (χ3n) is 3.91. The summed E-state index contributed by atoms with van der Waals surface area (Å²) in [4.78, 5) is 11.4. The van der Waals surface area contributed by atoms with Gasteiger partial charge >= 0.3 is 12.1 Å². The Hall–Kier alpha value is -2.38. The highest BCUT2D eigenvalue weighted by atomic mass is 35.5. The molecule has 0 aliphatic heterocycles. The number of hydrogen-bond acceptors (Lipinski definition) is 3. The zero-order valence-corrected chi connectivity index (χ0v) is 16.0. The summed E-state index contributed by atoms with van der Waals surface area (Å²) in [6.07, 6.45) is -2.92. The lowest BCUT2D eigenvalue weighted by Crippen LogP contribution is -2.14. The lowest BCUT2D eigenvalue weighted by atomic mass is 10.2. The average molecular weight is 432 g/mol. The first kappa shape index (κ1) is 20.4. The first-order valence-corrected chi connectivity index (χ1v) is 8.92. The molecule has 0 saturated heterocycles. The van der Waals surface area contributed by atoms with E-state index < -0.39 is 17.7 Å². The van der Waals surface area contributed by atoms with Gasteiger partial charge in [0.25, 0.3) is 0 Å². The van der Waals surface area contributed by atoms with E-state index in [0.29, 0.717) is 11.3 Å². The number of ether oxygens (including phenoxy) is 2. The lowest BCUT2D eigenvalue weighted by molar-refractivity contribution is -0.145. The SMILES string of the molecule is CCOC(=O)COc1ccc2ccn(-c3c(Cl)cc(C(F)(F)F)cc3Cl)c2c1. The molecule has 0 unspecified atom stereocenters. The molecule has 3 aromatic rings. The number of rotatable bonds is 5. The molecule has 28 heavy (non-hydrogen) atoms. The van der Waals surface area contributed by atoms with Crippen LogP contribution in [0.25, 0.3) is 16.6 Å². The number of alkyl halides is 3. The van der Waals surface area contributed by atoms with Gasteiger partial charge in [-0.25, -0.2) is 4.79 Å². The van der Waals surface area contributed by atoms with Gasteiger partial charge in [0.2, 0.25) is 0 Å². The molecule has 9 heteroatoms. The first-order valence-electron chi connectivity index (χ1n) is 8.17. The number of esters is 1. The van der Waals surface area contributed by atoms with Gasteiger partial charge in [0.15, 0.2) is 6.61 Å². The van der Waals surface area contributed by atoms with Gasteiger partial charge in [-0.2, -0.15) is 13.2 Å². The molecule has 2 aromatic carbocycles. The van der Waals surface area contributed by atoms with Crippen molar-refractivity contribution in [1.29, 1.82) is 0 Å². The smallest absolute Gasteiger partial charge is 0.416 e. The second-order valence-electron chi connectivity index (χ2n) is 5.79. The summed E-state index contributed by atoms with van der Waals surface area (Å²) in [5.41, 5.74) is -0.111. The summed E-state index contributed by atoms with van der Waals surface area (Å²) in [5, 5.41) is 0.501. The van der Waals surface area contributed by atoms with Gasteiger partial charge < -0.3 is 14.0 Å². The summed E-state index contributed by atoms with van der Waals surface area (Å²) >= 11 is 12.2. The topological polar surface area (TPSA) is 40.5 Å². The monoisotopic (exact) mass is 431 g/mol. The minimum Gasteiger partial charge on any atom is -0.482 e. The Bertz CT molecular complexity index is 1010. The third-order valence-corrected chi connectivity index (χ3v) is 4.49. The predicted octanol–water partition coefficient (Wildman–Crippen LogP) is 5.90. The van der Waals surface area contributed by atoms with Crippen LogP contribution in [-0.2, 0) is 15.7 Å². The quantitative estimate of drug-likeness (QED) is 0.472. The van der Waals surface area contributed by atoms with Crippen LogP contribution in [-0.4, -0.2) is 23.8 Å². The van der Waals surface area contributed by atoms with Gasteiger partial charge in [-0.3, -0.25) is 0 Å². The molecule has 3 rings (SSSR count). The molecule has 0 atom stereocenters. The van der Waals surface area contributed by atoms with Crippen LogP contribution in [0.4, 0.5) is 13.2 Å². The summed E-state index contributed by atoms with van der Waals surface area (Å²) in [6.45, 7) is 1.67. The van der Waals surface area contributed by atoms with Crippen molar-refractivity contribution in [2.45, 2.75) is 13.1 Å². The molecule has 0 N–H and O–H groups in total. The van der Waals surface area contributed by atoms with Crippen molar-refractivity contribution in [2.75, 3.05) is 13.2 Å². The number of aromatic nitrogens is 1. The second-order valence-corrected chi connectivity index (χ2v) is 6.60. The molecule has 148 valence electrons. The van der Waals surface area contributed by atoms with Gasteiger partial charge in [-0.05, 0) is 37.3 Å². The Morgan fingerprint density at radius 2 is 1.79 bits per heavy atom. The van der Waals surface area contributed by atoms with E-state index in [9.17, 15) is 18.0 Å². The van der Waals surface area contributed by atoms with Gasteiger partial charge in [-0.1, -0.05) is 23.2 Å². The number of fused-ring (bicyclic) bond motifs is 1. The lowest BCUT2D eigenvalue weighted by Gasteiger charge is -2.14. The van der Waals surface area contributed by atoms with Crippen LogP contribution >= 0.6 is 23.2 Å². The fourth-order valence-electron chi connectivity index (χ4n) is 2.70. The van der Waals surface area contributed by atoms with Crippen LogP contribution in [0.2, 0.25) is 10.0 Å². The number of carbonyl (C=O) groups excluding carboxylic acids is 1. The van der Waals surface area contributed by atoms with Crippen molar-refractivity contribution in [1.82, 2.24) is 4.57 Å². The molecule has 0 saturated carbocycles. The van der Waals surface area contributed by atoms with Crippen LogP contribution in [0.3, 0.4) is 0 Å². The first-order chi connectivity index (χ1) is 13.2. The fourth-order valence-corrected chi connectivity index (χ4v) is 3.37. The third kappa shape index (κ3) is 4.20. The molecular weight excluding hydrogens is 418 g/mol. The molecular formula is C19H14Cl2F3NO3. The van der Waals surface area contributed by atoms with Crippen molar-refractivity contribution in [3.05, 3.63) is 58.2 Å². The van der Waals surface area contributed by atoms with Crippen LogP contribution in [0, 0.1) is 0 Å². The molecule has 0 bridgehead atoms. The van der Waals surface area contributed by atoms with Crippen LogP contribution in [0.1, 0.15) is 12.5 Å². The maximum Gasteiger partial charge on any atom is 0.416 e. The highest BCUT2D eigenvalue weighted by molar-refractivity contribution is 6.38. The Balaban J connectivity index is 2.00. The van der Waals surface area contributed by atoms with Crippen molar-refractivity contribution in [2.24, 2.45) is 0 Å². The van der Waals surface area contributed by atoms with E-state index in [1.807, 2.05) is 0 Å². The molecule has 0 aliphatic carbocycles. The van der Waals surface area contributed by atoms with Gasteiger partial charge in [-0.15, -0.1) is 0 Å².